The van der Waals surface area contributed by atoms with Gasteiger partial charge in [-0.15, -0.1) is 0 Å². The van der Waals surface area contributed by atoms with E-state index in [-0.39, 0.29) is 5.54 Å². The number of nitrogens with one attached hydrogen (secondary N) is 1. The maximum atomic E-state index is 10.9. The van der Waals surface area contributed by atoms with Crippen molar-refractivity contribution in [2.75, 3.05) is 16.8 Å². The Balaban J connectivity index is 1.86. The highest BCUT2D eigenvalue weighted by Gasteiger charge is 2.29. The average Bonchev–Trinajstić information content (AvgIpc) is 2.46. The van der Waals surface area contributed by atoms with Gasteiger partial charge in [0, 0.05) is 18.6 Å². The fourth-order valence-corrected chi connectivity index (χ4v) is 2.94. The van der Waals surface area contributed by atoms with Crippen LogP contribution in [0.25, 0.3) is 0 Å². The summed E-state index contributed by atoms with van der Waals surface area (Å²) in [4.78, 5) is 13.3. The Morgan fingerprint density at radius 3 is 2.55 bits per heavy atom. The van der Waals surface area contributed by atoms with Crippen molar-refractivity contribution in [2.24, 2.45) is 0 Å². The third-order valence-electron chi connectivity index (χ3n) is 3.88. The van der Waals surface area contributed by atoms with Gasteiger partial charge in [0.15, 0.2) is 0 Å². The van der Waals surface area contributed by atoms with E-state index in [9.17, 15) is 4.79 Å². The molecule has 3 rings (SSSR count). The summed E-state index contributed by atoms with van der Waals surface area (Å²) in [7, 11) is 0. The summed E-state index contributed by atoms with van der Waals surface area (Å²) >= 11 is 0. The lowest BCUT2D eigenvalue weighted by Crippen LogP contribution is -2.48. The molecule has 4 nitrogen and oxygen atoms in total. The number of anilines is 2. The van der Waals surface area contributed by atoms with Gasteiger partial charge in [0.2, 0.25) is 0 Å². The minimum Gasteiger partial charge on any atom is -0.478 e. The van der Waals surface area contributed by atoms with Crippen LogP contribution in [0.15, 0.2) is 48.5 Å². The molecule has 22 heavy (non-hydrogen) atoms. The molecule has 0 atom stereocenters. The number of fused-ring (bicyclic) bond motifs is 1. The zero-order chi connectivity index (χ0) is 15.7. The van der Waals surface area contributed by atoms with Crippen LogP contribution in [0.2, 0.25) is 0 Å². The van der Waals surface area contributed by atoms with Crippen LogP contribution in [0.5, 0.6) is 0 Å². The van der Waals surface area contributed by atoms with Gasteiger partial charge in [-0.1, -0.05) is 24.3 Å². The van der Waals surface area contributed by atoms with Crippen LogP contribution >= 0.6 is 0 Å². The fourth-order valence-electron chi connectivity index (χ4n) is 2.94. The van der Waals surface area contributed by atoms with E-state index in [0.717, 1.165) is 24.3 Å². The maximum Gasteiger partial charge on any atom is 0.335 e. The van der Waals surface area contributed by atoms with Gasteiger partial charge in [0.1, 0.15) is 0 Å². The molecule has 0 spiro atoms. The van der Waals surface area contributed by atoms with Crippen LogP contribution in [0.4, 0.5) is 11.4 Å². The highest BCUT2D eigenvalue weighted by molar-refractivity contribution is 5.87. The number of hydrogen-bond acceptors (Lipinski definition) is 3. The zero-order valence-electron chi connectivity index (χ0n) is 12.8. The summed E-state index contributed by atoms with van der Waals surface area (Å²) in [6.07, 6.45) is 0. The number of rotatable bonds is 3. The van der Waals surface area contributed by atoms with Gasteiger partial charge in [-0.25, -0.2) is 4.79 Å². The van der Waals surface area contributed by atoms with Crippen LogP contribution in [0.1, 0.15) is 29.8 Å². The first kappa shape index (κ1) is 14.4. The molecule has 0 saturated heterocycles. The van der Waals surface area contributed by atoms with Gasteiger partial charge in [-0.05, 0) is 43.7 Å². The van der Waals surface area contributed by atoms with E-state index >= 15 is 0 Å². The van der Waals surface area contributed by atoms with Gasteiger partial charge < -0.3 is 15.3 Å². The summed E-state index contributed by atoms with van der Waals surface area (Å²) in [5.41, 5.74) is 3.75. The summed E-state index contributed by atoms with van der Waals surface area (Å²) in [5.74, 6) is -0.889. The first-order valence-electron chi connectivity index (χ1n) is 7.39. The Hall–Kier alpha value is -2.49. The van der Waals surface area contributed by atoms with Crippen molar-refractivity contribution in [1.29, 1.82) is 0 Å². The van der Waals surface area contributed by atoms with Gasteiger partial charge >= 0.3 is 5.97 Å². The quantitative estimate of drug-likeness (QED) is 0.908. The molecule has 2 aromatic carbocycles. The van der Waals surface area contributed by atoms with Crippen molar-refractivity contribution in [2.45, 2.75) is 25.9 Å². The Morgan fingerprint density at radius 2 is 1.86 bits per heavy atom. The smallest absolute Gasteiger partial charge is 0.335 e. The van der Waals surface area contributed by atoms with Crippen LogP contribution in [-0.2, 0) is 6.54 Å². The van der Waals surface area contributed by atoms with Crippen molar-refractivity contribution in [3.05, 3.63) is 59.7 Å². The summed E-state index contributed by atoms with van der Waals surface area (Å²) in [6, 6.07) is 15.4. The minimum absolute atomic E-state index is 0.00460. The van der Waals surface area contributed by atoms with E-state index in [0.29, 0.717) is 5.56 Å². The molecule has 0 radical (unpaired) electrons. The molecule has 4 heteroatoms. The number of benzene rings is 2. The summed E-state index contributed by atoms with van der Waals surface area (Å²) in [5, 5.41) is 12.5. The van der Waals surface area contributed by atoms with Crippen molar-refractivity contribution >= 4 is 17.3 Å². The molecule has 0 bridgehead atoms. The highest BCUT2D eigenvalue weighted by Crippen LogP contribution is 2.34. The van der Waals surface area contributed by atoms with Crippen LogP contribution in [-0.4, -0.2) is 23.2 Å². The van der Waals surface area contributed by atoms with Crippen LogP contribution in [0.3, 0.4) is 0 Å². The Morgan fingerprint density at radius 1 is 1.18 bits per heavy atom. The van der Waals surface area contributed by atoms with E-state index in [1.54, 1.807) is 12.1 Å². The van der Waals surface area contributed by atoms with E-state index < -0.39 is 5.97 Å². The number of nitrogens with zero attached hydrogens (tertiary/aromatic N) is 1. The third-order valence-corrected chi connectivity index (χ3v) is 3.88. The van der Waals surface area contributed by atoms with E-state index in [4.69, 9.17) is 5.11 Å². The normalized spacial score (nSPS) is 15.8. The van der Waals surface area contributed by atoms with Crippen molar-refractivity contribution in [3.63, 3.8) is 0 Å². The second-order valence-electron chi connectivity index (χ2n) is 6.38. The van der Waals surface area contributed by atoms with Gasteiger partial charge in [0.05, 0.1) is 16.9 Å². The topological polar surface area (TPSA) is 52.6 Å². The van der Waals surface area contributed by atoms with Crippen molar-refractivity contribution in [3.8, 4) is 0 Å². The molecular weight excluding hydrogens is 276 g/mol. The first-order chi connectivity index (χ1) is 10.4. The zero-order valence-corrected chi connectivity index (χ0v) is 12.8. The SMILES string of the molecule is CC1(C)CN(Cc2ccc(C(=O)O)cc2)c2ccccc2N1. The molecule has 0 amide bonds. The lowest BCUT2D eigenvalue weighted by atomic mass is 9.98. The molecule has 1 aliphatic rings. The molecule has 2 N–H and O–H groups in total. The van der Waals surface area contributed by atoms with Crippen LogP contribution in [0, 0.1) is 0 Å². The molecule has 0 aromatic heterocycles. The van der Waals surface area contributed by atoms with Gasteiger partial charge in [0.25, 0.3) is 0 Å². The molecule has 2 aromatic rings. The number of carbonyl (C=O) groups is 1. The second-order valence-corrected chi connectivity index (χ2v) is 6.38. The number of hydrogen-bond donors (Lipinski definition) is 2. The van der Waals surface area contributed by atoms with Crippen molar-refractivity contribution < 1.29 is 9.90 Å². The molecule has 1 heterocycles. The lowest BCUT2D eigenvalue weighted by Gasteiger charge is -2.42. The standard InChI is InChI=1S/C18H20N2O2/c1-18(2)12-20(16-6-4-3-5-15(16)19-18)11-13-7-9-14(10-8-13)17(21)22/h3-10,19H,11-12H2,1-2H3,(H,21,22). The van der Waals surface area contributed by atoms with E-state index in [2.05, 4.69) is 36.2 Å². The molecular formula is C18H20N2O2. The molecule has 0 aliphatic carbocycles. The predicted molar refractivity (Wildman–Crippen MR) is 88.6 cm³/mol. The summed E-state index contributed by atoms with van der Waals surface area (Å²) < 4.78 is 0. The van der Waals surface area contributed by atoms with Crippen LogP contribution < -0.4 is 10.2 Å². The third kappa shape index (κ3) is 2.91. The van der Waals surface area contributed by atoms with Gasteiger partial charge in [-0.2, -0.15) is 0 Å². The van der Waals surface area contributed by atoms with E-state index in [1.165, 1.54) is 5.69 Å². The lowest BCUT2D eigenvalue weighted by molar-refractivity contribution is 0.0697. The van der Waals surface area contributed by atoms with Crippen molar-refractivity contribution in [1.82, 2.24) is 0 Å². The Kier molecular flexibility index (Phi) is 3.53. The molecule has 0 fully saturated rings. The Bertz CT molecular complexity index is 692. The first-order valence-corrected chi connectivity index (χ1v) is 7.39. The molecule has 114 valence electrons. The minimum atomic E-state index is -0.889. The number of carboxylic acid groups (broad SMARTS) is 1. The number of carboxylic acids is 1. The molecule has 0 unspecified atom stereocenters. The average molecular weight is 296 g/mol. The molecule has 0 saturated carbocycles. The predicted octanol–water partition coefficient (Wildman–Crippen LogP) is 3.60. The fraction of sp³-hybridized carbons (Fsp3) is 0.278. The van der Waals surface area contributed by atoms with Gasteiger partial charge in [-0.3, -0.25) is 0 Å². The highest BCUT2D eigenvalue weighted by atomic mass is 16.4. The monoisotopic (exact) mass is 296 g/mol. The largest absolute Gasteiger partial charge is 0.478 e. The van der Waals surface area contributed by atoms with E-state index in [1.807, 2.05) is 24.3 Å². The number of aromatic carboxylic acids is 1. The second kappa shape index (κ2) is 5.37. The number of para-hydroxylation sites is 2. The Labute approximate surface area is 130 Å². The maximum absolute atomic E-state index is 10.9. The summed E-state index contributed by atoms with van der Waals surface area (Å²) in [6.45, 7) is 6.03. The molecule has 1 aliphatic heterocycles.